The van der Waals surface area contributed by atoms with Crippen LogP contribution in [0.1, 0.15) is 64.4 Å². The molecule has 2 rings (SSSR count). The van der Waals surface area contributed by atoms with Gasteiger partial charge in [-0.15, -0.1) is 6.92 Å². The van der Waals surface area contributed by atoms with Crippen molar-refractivity contribution in [1.82, 2.24) is 0 Å². The normalized spacial score (nSPS) is 14.6. The molecule has 2 nitrogen and oxygen atoms in total. The van der Waals surface area contributed by atoms with Gasteiger partial charge in [-0.2, -0.15) is 11.1 Å². The Morgan fingerprint density at radius 3 is 1.71 bits per heavy atom. The van der Waals surface area contributed by atoms with Gasteiger partial charge in [-0.05, 0) is 11.0 Å². The van der Waals surface area contributed by atoms with Gasteiger partial charge in [0.25, 0.3) is 0 Å². The monoisotopic (exact) mass is 605 g/mol. The molecule has 1 amide bonds. The first-order valence-electron chi connectivity index (χ1n) is 8.69. The molecule has 1 aliphatic rings. The zero-order chi connectivity index (χ0) is 19.8. The first-order chi connectivity index (χ1) is 11.5. The fraction of sp³-hybridized carbons (Fsp3) is 0.500. The summed E-state index contributed by atoms with van der Waals surface area (Å²) in [6.45, 7) is 19.1. The number of benzene rings is 1. The van der Waals surface area contributed by atoms with E-state index in [1.807, 2.05) is 32.9 Å². The molecule has 1 atom stereocenters. The molecule has 0 aromatic heterocycles. The van der Waals surface area contributed by atoms with Crippen molar-refractivity contribution in [1.29, 1.82) is 0 Å². The van der Waals surface area contributed by atoms with Crippen LogP contribution in [0, 0.1) is 12.0 Å². The Hall–Kier alpha value is -0.163. The minimum absolute atomic E-state index is 0. The van der Waals surface area contributed by atoms with E-state index in [-0.39, 0.29) is 56.1 Å². The molecule has 0 saturated heterocycles. The second-order valence-corrected chi connectivity index (χ2v) is 8.42. The van der Waals surface area contributed by atoms with Gasteiger partial charge < -0.3 is 35.3 Å². The molecule has 1 aromatic carbocycles. The molecule has 0 saturated carbocycles. The first kappa shape index (κ1) is 35.3. The van der Waals surface area contributed by atoms with Gasteiger partial charge in [0.1, 0.15) is 0 Å². The molecule has 0 aliphatic heterocycles. The fourth-order valence-electron chi connectivity index (χ4n) is 2.50. The van der Waals surface area contributed by atoms with Crippen molar-refractivity contribution in [2.24, 2.45) is 5.92 Å². The second-order valence-electron chi connectivity index (χ2n) is 7.42. The van der Waals surface area contributed by atoms with Crippen LogP contribution in [0.3, 0.4) is 0 Å². The summed E-state index contributed by atoms with van der Waals surface area (Å²) in [5.41, 5.74) is 12.7. The van der Waals surface area contributed by atoms with Gasteiger partial charge in [0.2, 0.25) is 0 Å². The molecule has 0 spiro atoms. The summed E-state index contributed by atoms with van der Waals surface area (Å²) >= 11 is 0. The molecule has 0 heterocycles. The predicted octanol–water partition coefficient (Wildman–Crippen LogP) is 0.691. The molecule has 1 N–H and O–H groups in total. The number of carbonyl (C=O) groups excluding carboxylic acids is 1. The maximum atomic E-state index is 11.0. The number of halogens is 2. The van der Waals surface area contributed by atoms with Crippen LogP contribution in [0.4, 0.5) is 0 Å². The molecule has 0 bridgehead atoms. The SMILES string of the molecule is CC(C)(C)c1ccccc1C([NH-])=O.CC1=[C-]C(C)C(C)=C1C.C[Si]C.[Cl-].[Cl-].[Hf+4]. The van der Waals surface area contributed by atoms with Gasteiger partial charge in [0.15, 0.2) is 0 Å². The molecule has 154 valence electrons. The molecule has 28 heavy (non-hydrogen) atoms. The molecule has 1 aromatic rings. The minimum atomic E-state index is -0.606. The van der Waals surface area contributed by atoms with E-state index < -0.39 is 5.91 Å². The van der Waals surface area contributed by atoms with Gasteiger partial charge in [0.05, 0.1) is 5.91 Å². The Morgan fingerprint density at radius 1 is 1.07 bits per heavy atom. The first-order valence-corrected chi connectivity index (χ1v) is 10.7. The van der Waals surface area contributed by atoms with E-state index >= 15 is 0 Å². The standard InChI is InChI=1S/C11H15NO.C9H13.C2H6Si.2ClH.Hf/c1-11(2,3)9-7-5-4-6-8(9)10(12)13;1-6-5-7(2)9(4)8(6)3;1-3-2;;;/h4-7H,1-3H3,(H2,12,13);6H,1-4H3;1-2H3;2*1H;/q;-1;;;;+4/p-3. The zero-order valence-corrected chi connectivity index (χ0v) is 24.7. The maximum absolute atomic E-state index is 11.0. The predicted molar refractivity (Wildman–Crippen MR) is 111 cm³/mol. The quantitative estimate of drug-likeness (QED) is 0.344. The van der Waals surface area contributed by atoms with E-state index in [9.17, 15) is 4.79 Å². The molecule has 6 heteroatoms. The second kappa shape index (κ2) is 16.6. The Labute approximate surface area is 206 Å². The van der Waals surface area contributed by atoms with Crippen molar-refractivity contribution in [3.05, 3.63) is 63.9 Å². The summed E-state index contributed by atoms with van der Waals surface area (Å²) in [5, 5.41) is 0. The third kappa shape index (κ3) is 11.7. The summed E-state index contributed by atoms with van der Waals surface area (Å²) in [5.74, 6) is -0.0458. The van der Waals surface area contributed by atoms with Gasteiger partial charge in [0, 0.05) is 15.1 Å². The Kier molecular flexibility index (Phi) is 20.9. The van der Waals surface area contributed by atoms with Crippen LogP contribution in [0.2, 0.25) is 13.1 Å². The fourth-order valence-corrected chi connectivity index (χ4v) is 2.50. The summed E-state index contributed by atoms with van der Waals surface area (Å²) in [7, 11) is 1.08. The van der Waals surface area contributed by atoms with Crippen LogP contribution in [-0.2, 0) is 31.3 Å². The van der Waals surface area contributed by atoms with Crippen LogP contribution < -0.4 is 24.8 Å². The number of nitrogens with one attached hydrogen (secondary N) is 1. The molecular formula is C22H33Cl2HfNOSi. The number of carbonyl (C=O) groups is 1. The smallest absolute Gasteiger partial charge is 1.00 e. The van der Waals surface area contributed by atoms with Crippen LogP contribution in [0.5, 0.6) is 0 Å². The van der Waals surface area contributed by atoms with Crippen molar-refractivity contribution in [2.75, 3.05) is 0 Å². The van der Waals surface area contributed by atoms with Gasteiger partial charge in [-0.1, -0.05) is 84.8 Å². The minimum Gasteiger partial charge on any atom is -1.00 e. The number of hydrogen-bond donors (Lipinski definition) is 0. The molecular weight excluding hydrogens is 572 g/mol. The largest absolute Gasteiger partial charge is 4.00 e. The van der Waals surface area contributed by atoms with E-state index in [0.717, 1.165) is 15.1 Å². The number of amides is 1. The Bertz CT molecular complexity index is 652. The third-order valence-corrected chi connectivity index (χ3v) is 4.22. The molecule has 1 unspecified atom stereocenters. The molecule has 2 radical (unpaired) electrons. The van der Waals surface area contributed by atoms with E-state index in [2.05, 4.69) is 46.9 Å². The third-order valence-electron chi connectivity index (χ3n) is 4.22. The Balaban J connectivity index is -0.000000170. The average molecular weight is 605 g/mol. The summed E-state index contributed by atoms with van der Waals surface area (Å²) in [6.07, 6.45) is 3.36. The van der Waals surface area contributed by atoms with Gasteiger partial charge in [-0.3, -0.25) is 6.08 Å². The van der Waals surface area contributed by atoms with Crippen molar-refractivity contribution < 1.29 is 55.5 Å². The van der Waals surface area contributed by atoms with E-state index in [0.29, 0.717) is 11.5 Å². The Morgan fingerprint density at radius 2 is 1.50 bits per heavy atom. The van der Waals surface area contributed by atoms with Gasteiger partial charge in [-0.25, -0.2) is 5.57 Å². The van der Waals surface area contributed by atoms with E-state index in [4.69, 9.17) is 5.73 Å². The van der Waals surface area contributed by atoms with Crippen molar-refractivity contribution in [3.8, 4) is 0 Å². The van der Waals surface area contributed by atoms with Crippen molar-refractivity contribution in [2.45, 2.75) is 67.0 Å². The number of allylic oxidation sites excluding steroid dienone is 4. The topological polar surface area (TPSA) is 40.9 Å². The maximum Gasteiger partial charge on any atom is 4.00 e. The molecule has 0 fully saturated rings. The van der Waals surface area contributed by atoms with Crippen LogP contribution in [-0.4, -0.2) is 15.4 Å². The van der Waals surface area contributed by atoms with Crippen LogP contribution in [0.25, 0.3) is 5.73 Å². The number of hydrogen-bond acceptors (Lipinski definition) is 1. The summed E-state index contributed by atoms with van der Waals surface area (Å²) < 4.78 is 0. The van der Waals surface area contributed by atoms with Crippen molar-refractivity contribution >= 4 is 15.4 Å². The van der Waals surface area contributed by atoms with E-state index in [1.54, 1.807) is 12.1 Å². The number of rotatable bonds is 1. The van der Waals surface area contributed by atoms with Crippen LogP contribution >= 0.6 is 0 Å². The zero-order valence-electron chi connectivity index (χ0n) is 18.6. The summed E-state index contributed by atoms with van der Waals surface area (Å²) in [6, 6.07) is 7.29. The summed E-state index contributed by atoms with van der Waals surface area (Å²) in [4.78, 5) is 11.0. The van der Waals surface area contributed by atoms with Gasteiger partial charge >= 0.3 is 25.8 Å². The average Bonchev–Trinajstić information content (AvgIpc) is 2.74. The van der Waals surface area contributed by atoms with Crippen LogP contribution in [0.15, 0.2) is 41.0 Å². The van der Waals surface area contributed by atoms with E-state index in [1.165, 1.54) is 16.7 Å². The van der Waals surface area contributed by atoms with Crippen molar-refractivity contribution in [3.63, 3.8) is 0 Å². The molecule has 1 aliphatic carbocycles.